The van der Waals surface area contributed by atoms with Gasteiger partial charge in [-0.3, -0.25) is 0 Å². The van der Waals surface area contributed by atoms with Crippen molar-refractivity contribution in [1.82, 2.24) is 4.90 Å². The smallest absolute Gasteiger partial charge is 0.321 e. The number of amides is 2. The molecule has 5 heteroatoms. The number of carbonyl (C=O) groups is 1. The SMILES string of the molecule is CC(O)C1CCN(C(=O)Nc2cccc(N)c2)C1. The minimum Gasteiger partial charge on any atom is -0.399 e. The van der Waals surface area contributed by atoms with Crippen molar-refractivity contribution in [1.29, 1.82) is 0 Å². The van der Waals surface area contributed by atoms with Crippen molar-refractivity contribution in [3.05, 3.63) is 24.3 Å². The number of aliphatic hydroxyl groups excluding tert-OH is 1. The second-order valence-electron chi connectivity index (χ2n) is 4.79. The first-order chi connectivity index (χ1) is 8.56. The number of benzene rings is 1. The van der Waals surface area contributed by atoms with Crippen molar-refractivity contribution in [3.63, 3.8) is 0 Å². The lowest BCUT2D eigenvalue weighted by Gasteiger charge is -2.18. The maximum absolute atomic E-state index is 12.0. The molecule has 1 saturated heterocycles. The molecule has 1 aromatic carbocycles. The normalized spacial score (nSPS) is 20.8. The Morgan fingerprint density at radius 3 is 3.00 bits per heavy atom. The number of nitrogen functional groups attached to an aromatic ring is 1. The second kappa shape index (κ2) is 5.27. The zero-order chi connectivity index (χ0) is 13.1. The highest BCUT2D eigenvalue weighted by Gasteiger charge is 2.28. The van der Waals surface area contributed by atoms with Crippen LogP contribution in [0.1, 0.15) is 13.3 Å². The average molecular weight is 249 g/mol. The Bertz CT molecular complexity index is 434. The van der Waals surface area contributed by atoms with Crippen molar-refractivity contribution in [2.45, 2.75) is 19.4 Å². The highest BCUT2D eigenvalue weighted by atomic mass is 16.3. The molecule has 2 unspecified atom stereocenters. The number of urea groups is 1. The molecule has 5 nitrogen and oxygen atoms in total. The average Bonchev–Trinajstić information content (AvgIpc) is 2.78. The standard InChI is InChI=1S/C13H19N3O2/c1-9(17)10-5-6-16(8-10)13(18)15-12-4-2-3-11(14)7-12/h2-4,7,9-10,17H,5-6,8,14H2,1H3,(H,15,18). The largest absolute Gasteiger partial charge is 0.399 e. The zero-order valence-electron chi connectivity index (χ0n) is 10.5. The van der Waals surface area contributed by atoms with E-state index in [4.69, 9.17) is 5.73 Å². The maximum Gasteiger partial charge on any atom is 0.321 e. The van der Waals surface area contributed by atoms with E-state index in [-0.39, 0.29) is 18.1 Å². The predicted molar refractivity (Wildman–Crippen MR) is 71.2 cm³/mol. The number of anilines is 2. The fourth-order valence-corrected chi connectivity index (χ4v) is 2.18. The Morgan fingerprint density at radius 1 is 1.61 bits per heavy atom. The zero-order valence-corrected chi connectivity index (χ0v) is 10.5. The Labute approximate surface area is 107 Å². The summed E-state index contributed by atoms with van der Waals surface area (Å²) in [5.41, 5.74) is 6.97. The summed E-state index contributed by atoms with van der Waals surface area (Å²) in [7, 11) is 0. The van der Waals surface area contributed by atoms with E-state index in [0.29, 0.717) is 24.5 Å². The van der Waals surface area contributed by atoms with E-state index < -0.39 is 0 Å². The van der Waals surface area contributed by atoms with Gasteiger partial charge in [0.05, 0.1) is 6.10 Å². The van der Waals surface area contributed by atoms with E-state index >= 15 is 0 Å². The number of carbonyl (C=O) groups excluding carboxylic acids is 1. The molecule has 0 saturated carbocycles. The van der Waals surface area contributed by atoms with E-state index in [0.717, 1.165) is 6.42 Å². The van der Waals surface area contributed by atoms with E-state index in [1.165, 1.54) is 0 Å². The third-order valence-electron chi connectivity index (χ3n) is 3.33. The van der Waals surface area contributed by atoms with Gasteiger partial charge in [0.2, 0.25) is 0 Å². The first-order valence-electron chi connectivity index (χ1n) is 6.16. The predicted octanol–water partition coefficient (Wildman–Crippen LogP) is 1.50. The number of hydrogen-bond donors (Lipinski definition) is 3. The molecule has 0 radical (unpaired) electrons. The van der Waals surface area contributed by atoms with Gasteiger partial charge in [0, 0.05) is 30.4 Å². The summed E-state index contributed by atoms with van der Waals surface area (Å²) < 4.78 is 0. The van der Waals surface area contributed by atoms with Gasteiger partial charge < -0.3 is 21.1 Å². The van der Waals surface area contributed by atoms with Crippen molar-refractivity contribution in [2.75, 3.05) is 24.1 Å². The third-order valence-corrected chi connectivity index (χ3v) is 3.33. The summed E-state index contributed by atoms with van der Waals surface area (Å²) in [4.78, 5) is 13.7. The van der Waals surface area contributed by atoms with Crippen molar-refractivity contribution < 1.29 is 9.90 Å². The molecule has 1 heterocycles. The van der Waals surface area contributed by atoms with Gasteiger partial charge in [0.1, 0.15) is 0 Å². The molecular formula is C13H19N3O2. The molecule has 0 bridgehead atoms. The van der Waals surface area contributed by atoms with Gasteiger partial charge in [0.15, 0.2) is 0 Å². The molecule has 1 aliphatic rings. The molecule has 0 aromatic heterocycles. The summed E-state index contributed by atoms with van der Waals surface area (Å²) in [6.07, 6.45) is 0.484. The highest BCUT2D eigenvalue weighted by Crippen LogP contribution is 2.21. The first kappa shape index (κ1) is 12.7. The van der Waals surface area contributed by atoms with Gasteiger partial charge in [0.25, 0.3) is 0 Å². The van der Waals surface area contributed by atoms with Crippen LogP contribution < -0.4 is 11.1 Å². The van der Waals surface area contributed by atoms with Crippen molar-refractivity contribution in [2.24, 2.45) is 5.92 Å². The molecule has 2 atom stereocenters. The topological polar surface area (TPSA) is 78.6 Å². The van der Waals surface area contributed by atoms with Gasteiger partial charge in [-0.1, -0.05) is 6.07 Å². The van der Waals surface area contributed by atoms with Crippen LogP contribution in [0.25, 0.3) is 0 Å². The summed E-state index contributed by atoms with van der Waals surface area (Å²) in [5.74, 6) is 0.177. The van der Waals surface area contributed by atoms with Crippen molar-refractivity contribution >= 4 is 17.4 Å². The maximum atomic E-state index is 12.0. The summed E-state index contributed by atoms with van der Waals surface area (Å²) in [5, 5.41) is 12.3. The van der Waals surface area contributed by atoms with Crippen LogP contribution in [0.5, 0.6) is 0 Å². The molecule has 2 amide bonds. The van der Waals surface area contributed by atoms with Crippen LogP contribution in [-0.4, -0.2) is 35.2 Å². The lowest BCUT2D eigenvalue weighted by atomic mass is 10.0. The number of rotatable bonds is 2. The van der Waals surface area contributed by atoms with E-state index in [9.17, 15) is 9.90 Å². The molecule has 2 rings (SSSR count). The second-order valence-corrected chi connectivity index (χ2v) is 4.79. The van der Waals surface area contributed by atoms with Gasteiger partial charge in [-0.25, -0.2) is 4.79 Å². The Kier molecular flexibility index (Phi) is 3.72. The molecule has 4 N–H and O–H groups in total. The van der Waals surface area contributed by atoms with Crippen molar-refractivity contribution in [3.8, 4) is 0 Å². The number of likely N-dealkylation sites (tertiary alicyclic amines) is 1. The van der Waals surface area contributed by atoms with Gasteiger partial charge >= 0.3 is 6.03 Å². The molecule has 0 aliphatic carbocycles. The number of nitrogens with two attached hydrogens (primary N) is 1. The molecule has 18 heavy (non-hydrogen) atoms. The van der Waals surface area contributed by atoms with Crippen LogP contribution in [0.3, 0.4) is 0 Å². The summed E-state index contributed by atoms with van der Waals surface area (Å²) in [6.45, 7) is 3.06. The Hall–Kier alpha value is -1.75. The van der Waals surface area contributed by atoms with Crippen LogP contribution in [0.4, 0.5) is 16.2 Å². The minimum absolute atomic E-state index is 0.135. The van der Waals surface area contributed by atoms with Gasteiger partial charge in [-0.05, 0) is 31.5 Å². The minimum atomic E-state index is -0.366. The lowest BCUT2D eigenvalue weighted by molar-refractivity contribution is 0.130. The fourth-order valence-electron chi connectivity index (χ4n) is 2.18. The van der Waals surface area contributed by atoms with Crippen LogP contribution in [0.15, 0.2) is 24.3 Å². The monoisotopic (exact) mass is 249 g/mol. The molecular weight excluding hydrogens is 230 g/mol. The molecule has 1 aromatic rings. The lowest BCUT2D eigenvalue weighted by Crippen LogP contribution is -2.34. The molecule has 0 spiro atoms. The number of nitrogens with zero attached hydrogens (tertiary/aromatic N) is 1. The first-order valence-corrected chi connectivity index (χ1v) is 6.16. The van der Waals surface area contributed by atoms with Gasteiger partial charge in [-0.2, -0.15) is 0 Å². The molecule has 1 fully saturated rings. The number of aliphatic hydroxyl groups is 1. The van der Waals surface area contributed by atoms with Crippen LogP contribution in [0.2, 0.25) is 0 Å². The highest BCUT2D eigenvalue weighted by molar-refractivity contribution is 5.90. The van der Waals surface area contributed by atoms with Gasteiger partial charge in [-0.15, -0.1) is 0 Å². The summed E-state index contributed by atoms with van der Waals surface area (Å²) >= 11 is 0. The fraction of sp³-hybridized carbons (Fsp3) is 0.462. The van der Waals surface area contributed by atoms with E-state index in [1.54, 1.807) is 36.1 Å². The van der Waals surface area contributed by atoms with Crippen LogP contribution in [0, 0.1) is 5.92 Å². The molecule has 98 valence electrons. The number of nitrogens with one attached hydrogen (secondary N) is 1. The van der Waals surface area contributed by atoms with E-state index in [2.05, 4.69) is 5.32 Å². The van der Waals surface area contributed by atoms with E-state index in [1.807, 2.05) is 0 Å². The summed E-state index contributed by atoms with van der Waals surface area (Å²) in [6, 6.07) is 6.96. The quantitative estimate of drug-likeness (QED) is 0.695. The third kappa shape index (κ3) is 2.92. The number of hydrogen-bond acceptors (Lipinski definition) is 3. The Morgan fingerprint density at radius 2 is 2.39 bits per heavy atom. The van der Waals surface area contributed by atoms with Crippen LogP contribution in [-0.2, 0) is 0 Å². The van der Waals surface area contributed by atoms with Crippen LogP contribution >= 0.6 is 0 Å². The molecule has 1 aliphatic heterocycles. The Balaban J connectivity index is 1.93.